The zero-order valence-electron chi connectivity index (χ0n) is 8.64. The highest BCUT2D eigenvalue weighted by atomic mass is 32.2. The molecular weight excluding hydrogens is 216 g/mol. The van der Waals surface area contributed by atoms with Gasteiger partial charge in [0.2, 0.25) is 10.0 Å². The van der Waals surface area contributed by atoms with E-state index in [1.807, 2.05) is 19.1 Å². The first-order valence-electron chi connectivity index (χ1n) is 4.76. The molecule has 1 atom stereocenters. The Kier molecular flexibility index (Phi) is 4.31. The van der Waals surface area contributed by atoms with Gasteiger partial charge in [-0.15, -0.1) is 0 Å². The van der Waals surface area contributed by atoms with Crippen molar-refractivity contribution in [2.75, 3.05) is 12.3 Å². The van der Waals surface area contributed by atoms with E-state index in [0.717, 1.165) is 5.76 Å². The molecule has 5 nitrogen and oxygen atoms in total. The van der Waals surface area contributed by atoms with Gasteiger partial charge < -0.3 is 9.73 Å². The largest absolute Gasteiger partial charge is 0.468 e. The molecule has 1 unspecified atom stereocenters. The fraction of sp³-hybridized carbons (Fsp3) is 0.556. The fourth-order valence-corrected chi connectivity index (χ4v) is 1.78. The molecule has 0 aliphatic carbocycles. The molecule has 1 rings (SSSR count). The maximum Gasteiger partial charge on any atom is 0.209 e. The molecule has 0 radical (unpaired) electrons. The lowest BCUT2D eigenvalue weighted by atomic mass is 10.2. The van der Waals surface area contributed by atoms with E-state index in [2.05, 4.69) is 5.32 Å². The van der Waals surface area contributed by atoms with Gasteiger partial charge in [0, 0.05) is 0 Å². The number of rotatable bonds is 6. The highest BCUT2D eigenvalue weighted by molar-refractivity contribution is 7.89. The number of nitrogens with one attached hydrogen (secondary N) is 1. The molecule has 1 aromatic rings. The summed E-state index contributed by atoms with van der Waals surface area (Å²) in [4.78, 5) is 0. The second-order valence-electron chi connectivity index (χ2n) is 3.41. The molecule has 1 heterocycles. The Morgan fingerprint density at radius 2 is 2.33 bits per heavy atom. The number of primary sulfonamides is 1. The predicted octanol–water partition coefficient (Wildman–Crippen LogP) is 0.609. The average molecular weight is 232 g/mol. The number of furan rings is 1. The Morgan fingerprint density at radius 1 is 1.60 bits per heavy atom. The SMILES string of the molecule is CC(NCCCS(N)(=O)=O)c1ccco1. The number of hydrogen-bond donors (Lipinski definition) is 2. The molecule has 0 fully saturated rings. The smallest absolute Gasteiger partial charge is 0.209 e. The van der Waals surface area contributed by atoms with Gasteiger partial charge in [0.1, 0.15) is 5.76 Å². The Bertz CT molecular complexity index is 372. The Hall–Kier alpha value is -0.850. The lowest BCUT2D eigenvalue weighted by molar-refractivity contribution is 0.431. The third-order valence-corrected chi connectivity index (χ3v) is 2.88. The van der Waals surface area contributed by atoms with Crippen LogP contribution >= 0.6 is 0 Å². The van der Waals surface area contributed by atoms with Gasteiger partial charge in [0.05, 0.1) is 18.1 Å². The van der Waals surface area contributed by atoms with Crippen LogP contribution in [0.25, 0.3) is 0 Å². The second kappa shape index (κ2) is 5.29. The molecule has 3 N–H and O–H groups in total. The van der Waals surface area contributed by atoms with Crippen molar-refractivity contribution in [3.63, 3.8) is 0 Å². The van der Waals surface area contributed by atoms with E-state index in [0.29, 0.717) is 13.0 Å². The van der Waals surface area contributed by atoms with E-state index >= 15 is 0 Å². The summed E-state index contributed by atoms with van der Waals surface area (Å²) in [6, 6.07) is 3.77. The molecule has 1 aromatic heterocycles. The van der Waals surface area contributed by atoms with Crippen molar-refractivity contribution in [3.05, 3.63) is 24.2 Å². The van der Waals surface area contributed by atoms with Gasteiger partial charge in [-0.05, 0) is 32.0 Å². The van der Waals surface area contributed by atoms with Crippen LogP contribution < -0.4 is 10.5 Å². The highest BCUT2D eigenvalue weighted by Gasteiger charge is 2.07. The van der Waals surface area contributed by atoms with Crippen molar-refractivity contribution in [2.24, 2.45) is 5.14 Å². The van der Waals surface area contributed by atoms with Crippen LogP contribution in [0.3, 0.4) is 0 Å². The third-order valence-electron chi connectivity index (χ3n) is 2.03. The summed E-state index contributed by atoms with van der Waals surface area (Å²) in [6.07, 6.45) is 2.11. The van der Waals surface area contributed by atoms with Crippen LogP contribution in [-0.2, 0) is 10.0 Å². The lowest BCUT2D eigenvalue weighted by Crippen LogP contribution is -2.24. The van der Waals surface area contributed by atoms with Crippen molar-refractivity contribution >= 4 is 10.0 Å². The summed E-state index contributed by atoms with van der Waals surface area (Å²) in [7, 11) is -3.34. The third kappa shape index (κ3) is 4.96. The number of sulfonamides is 1. The zero-order valence-corrected chi connectivity index (χ0v) is 9.46. The molecular formula is C9H16N2O3S. The van der Waals surface area contributed by atoms with Crippen LogP contribution in [0.15, 0.2) is 22.8 Å². The number of nitrogens with two attached hydrogens (primary N) is 1. The van der Waals surface area contributed by atoms with E-state index < -0.39 is 10.0 Å². The van der Waals surface area contributed by atoms with E-state index in [9.17, 15) is 8.42 Å². The molecule has 86 valence electrons. The minimum Gasteiger partial charge on any atom is -0.468 e. The molecule has 0 bridgehead atoms. The van der Waals surface area contributed by atoms with E-state index in [1.165, 1.54) is 0 Å². The molecule has 0 aliphatic heterocycles. The van der Waals surface area contributed by atoms with Gasteiger partial charge >= 0.3 is 0 Å². The molecule has 0 amide bonds. The first-order valence-corrected chi connectivity index (χ1v) is 6.48. The summed E-state index contributed by atoms with van der Waals surface area (Å²) in [5, 5.41) is 8.02. The van der Waals surface area contributed by atoms with Gasteiger partial charge in [0.25, 0.3) is 0 Å². The minimum absolute atomic E-state index is 0.00484. The van der Waals surface area contributed by atoms with E-state index in [1.54, 1.807) is 6.26 Å². The zero-order chi connectivity index (χ0) is 11.3. The lowest BCUT2D eigenvalue weighted by Gasteiger charge is -2.10. The molecule has 0 saturated heterocycles. The molecule has 15 heavy (non-hydrogen) atoms. The summed E-state index contributed by atoms with van der Waals surface area (Å²) < 4.78 is 26.5. The van der Waals surface area contributed by atoms with E-state index in [4.69, 9.17) is 9.56 Å². The monoisotopic (exact) mass is 232 g/mol. The molecule has 0 aliphatic rings. The Labute approximate surface area is 89.7 Å². The maximum atomic E-state index is 10.6. The van der Waals surface area contributed by atoms with Crippen molar-refractivity contribution in [2.45, 2.75) is 19.4 Å². The first kappa shape index (κ1) is 12.2. The topological polar surface area (TPSA) is 85.3 Å². The summed E-state index contributed by atoms with van der Waals surface area (Å²) in [5.41, 5.74) is 0. The quantitative estimate of drug-likeness (QED) is 0.704. The molecule has 6 heteroatoms. The standard InChI is InChI=1S/C9H16N2O3S/c1-8(9-4-2-6-14-9)11-5-3-7-15(10,12)13/h2,4,6,8,11H,3,5,7H2,1H3,(H2,10,12,13). The molecule has 0 aromatic carbocycles. The van der Waals surface area contributed by atoms with Gasteiger partial charge in [-0.3, -0.25) is 0 Å². The van der Waals surface area contributed by atoms with Crippen molar-refractivity contribution in [1.29, 1.82) is 0 Å². The molecule has 0 spiro atoms. The van der Waals surface area contributed by atoms with Crippen LogP contribution in [0.4, 0.5) is 0 Å². The van der Waals surface area contributed by atoms with Gasteiger partial charge in [-0.25, -0.2) is 13.6 Å². The summed E-state index contributed by atoms with van der Waals surface area (Å²) >= 11 is 0. The Morgan fingerprint density at radius 3 is 2.87 bits per heavy atom. The van der Waals surface area contributed by atoms with Gasteiger partial charge in [-0.1, -0.05) is 0 Å². The average Bonchev–Trinajstić information content (AvgIpc) is 2.63. The van der Waals surface area contributed by atoms with Crippen molar-refractivity contribution < 1.29 is 12.8 Å². The molecule has 0 saturated carbocycles. The minimum atomic E-state index is -3.34. The van der Waals surface area contributed by atoms with Crippen LogP contribution in [0.5, 0.6) is 0 Å². The van der Waals surface area contributed by atoms with Crippen molar-refractivity contribution in [3.8, 4) is 0 Å². The van der Waals surface area contributed by atoms with E-state index in [-0.39, 0.29) is 11.8 Å². The first-order chi connectivity index (χ1) is 6.99. The van der Waals surface area contributed by atoms with Crippen LogP contribution in [-0.4, -0.2) is 20.7 Å². The number of hydrogen-bond acceptors (Lipinski definition) is 4. The van der Waals surface area contributed by atoms with Gasteiger partial charge in [-0.2, -0.15) is 0 Å². The van der Waals surface area contributed by atoms with Crippen molar-refractivity contribution in [1.82, 2.24) is 5.32 Å². The normalized spacial score (nSPS) is 14.0. The van der Waals surface area contributed by atoms with Crippen LogP contribution in [0.1, 0.15) is 25.1 Å². The van der Waals surface area contributed by atoms with Gasteiger partial charge in [0.15, 0.2) is 0 Å². The van der Waals surface area contributed by atoms with Crippen LogP contribution in [0, 0.1) is 0 Å². The summed E-state index contributed by atoms with van der Waals surface area (Å²) in [6.45, 7) is 2.55. The predicted molar refractivity (Wildman–Crippen MR) is 57.7 cm³/mol. The summed E-state index contributed by atoms with van der Waals surface area (Å²) in [5.74, 6) is 0.843. The maximum absolute atomic E-state index is 10.6. The Balaban J connectivity index is 2.21. The fourth-order valence-electron chi connectivity index (χ4n) is 1.23. The second-order valence-corrected chi connectivity index (χ2v) is 5.15. The van der Waals surface area contributed by atoms with Crippen LogP contribution in [0.2, 0.25) is 0 Å². The highest BCUT2D eigenvalue weighted by Crippen LogP contribution is 2.11.